The van der Waals surface area contributed by atoms with E-state index in [1.54, 1.807) is 48.5 Å². The standard InChI is InChI=1S/C46H40O10S/c1-32-27-29-38(30-28-32)57(50,51)56-40-39(31-52-46(35-21-11-4-12-22-35,36-23-13-5-14-24-36)37-25-15-6-16-26-37)53-45(49)42(55-44(48)34-19-9-3-10-20-34)41(40)54-43(47)33-17-7-2-8-18-33/h2-30,39-42,45,49H,31H2,1H3/t39-,40-,41+,42+,45-/m0/s1. The van der Waals surface area contributed by atoms with Crippen molar-refractivity contribution in [2.45, 2.75) is 48.1 Å². The van der Waals surface area contributed by atoms with E-state index >= 15 is 0 Å². The maximum atomic E-state index is 14.1. The molecule has 0 unspecified atom stereocenters. The number of aliphatic hydroxyl groups excluding tert-OH is 1. The quantitative estimate of drug-likeness (QED) is 0.0726. The number of benzene rings is 6. The Hall–Kier alpha value is -5.95. The first kappa shape index (κ1) is 39.3. The van der Waals surface area contributed by atoms with Crippen molar-refractivity contribution in [3.8, 4) is 0 Å². The Balaban J connectivity index is 1.34. The van der Waals surface area contributed by atoms with E-state index in [1.165, 1.54) is 36.4 Å². The van der Waals surface area contributed by atoms with E-state index in [4.69, 9.17) is 23.1 Å². The summed E-state index contributed by atoms with van der Waals surface area (Å²) >= 11 is 0. The molecule has 1 aliphatic heterocycles. The molecule has 0 bridgehead atoms. The van der Waals surface area contributed by atoms with Gasteiger partial charge in [-0.15, -0.1) is 0 Å². The van der Waals surface area contributed by atoms with E-state index in [2.05, 4.69) is 0 Å². The number of carbonyl (C=O) groups excluding carboxylic acids is 2. The Bertz CT molecular complexity index is 2250. The van der Waals surface area contributed by atoms with Crippen LogP contribution in [0.25, 0.3) is 0 Å². The largest absolute Gasteiger partial charge is 0.452 e. The van der Waals surface area contributed by atoms with Crippen molar-refractivity contribution in [3.05, 3.63) is 209 Å². The molecule has 290 valence electrons. The minimum absolute atomic E-state index is 0.121. The number of aryl methyl sites for hydroxylation is 1. The fraction of sp³-hybridized carbons (Fsp3) is 0.174. The lowest BCUT2D eigenvalue weighted by Gasteiger charge is -2.44. The van der Waals surface area contributed by atoms with Gasteiger partial charge in [0, 0.05) is 0 Å². The number of hydrogen-bond donors (Lipinski definition) is 1. The van der Waals surface area contributed by atoms with Gasteiger partial charge in [-0.3, -0.25) is 4.18 Å². The van der Waals surface area contributed by atoms with Crippen LogP contribution in [0.3, 0.4) is 0 Å². The number of ether oxygens (including phenoxy) is 4. The molecule has 0 aliphatic carbocycles. The molecule has 11 heteroatoms. The number of aliphatic hydroxyl groups is 1. The second-order valence-corrected chi connectivity index (χ2v) is 15.0. The molecule has 1 saturated heterocycles. The minimum atomic E-state index is -4.62. The highest BCUT2D eigenvalue weighted by atomic mass is 32.2. The van der Waals surface area contributed by atoms with Crippen LogP contribution in [0.2, 0.25) is 0 Å². The van der Waals surface area contributed by atoms with Gasteiger partial charge < -0.3 is 24.1 Å². The Kier molecular flexibility index (Phi) is 12.0. The Morgan fingerprint density at radius 3 is 1.42 bits per heavy atom. The van der Waals surface area contributed by atoms with Gasteiger partial charge >= 0.3 is 11.9 Å². The molecular formula is C46H40O10S. The van der Waals surface area contributed by atoms with Crippen molar-refractivity contribution in [1.82, 2.24) is 0 Å². The molecule has 0 aromatic heterocycles. The molecule has 0 saturated carbocycles. The third-order valence-electron chi connectivity index (χ3n) is 9.67. The van der Waals surface area contributed by atoms with E-state index in [0.29, 0.717) is 0 Å². The molecule has 6 aromatic rings. The van der Waals surface area contributed by atoms with Crippen LogP contribution in [-0.4, -0.2) is 62.8 Å². The fourth-order valence-corrected chi connectivity index (χ4v) is 7.93. The molecule has 6 aromatic carbocycles. The summed E-state index contributed by atoms with van der Waals surface area (Å²) in [7, 11) is -4.62. The third kappa shape index (κ3) is 8.73. The molecule has 10 nitrogen and oxygen atoms in total. The second kappa shape index (κ2) is 17.5. The predicted octanol–water partition coefficient (Wildman–Crippen LogP) is 7.25. The first-order valence-corrected chi connectivity index (χ1v) is 19.7. The highest BCUT2D eigenvalue weighted by molar-refractivity contribution is 7.86. The van der Waals surface area contributed by atoms with Crippen molar-refractivity contribution in [2.24, 2.45) is 0 Å². The van der Waals surface area contributed by atoms with Crippen molar-refractivity contribution in [2.75, 3.05) is 6.61 Å². The molecule has 0 amide bonds. The van der Waals surface area contributed by atoms with Gasteiger partial charge in [0.15, 0.2) is 18.5 Å². The van der Waals surface area contributed by atoms with Crippen LogP contribution in [0.4, 0.5) is 0 Å². The normalized spacial score (nSPS) is 19.6. The molecule has 1 N–H and O–H groups in total. The van der Waals surface area contributed by atoms with Gasteiger partial charge in [-0.05, 0) is 60.0 Å². The lowest BCUT2D eigenvalue weighted by atomic mass is 9.80. The van der Waals surface area contributed by atoms with Gasteiger partial charge in [0.05, 0.1) is 22.6 Å². The molecule has 0 radical (unpaired) electrons. The summed E-state index contributed by atoms with van der Waals surface area (Å²) < 4.78 is 59.2. The maximum Gasteiger partial charge on any atom is 0.338 e. The summed E-state index contributed by atoms with van der Waals surface area (Å²) in [4.78, 5) is 27.1. The van der Waals surface area contributed by atoms with Crippen LogP contribution in [0, 0.1) is 6.92 Å². The molecular weight excluding hydrogens is 745 g/mol. The van der Waals surface area contributed by atoms with Crippen LogP contribution in [-0.2, 0) is 38.8 Å². The van der Waals surface area contributed by atoms with Crippen LogP contribution in [0.1, 0.15) is 43.0 Å². The zero-order valence-electron chi connectivity index (χ0n) is 30.9. The summed E-state index contributed by atoms with van der Waals surface area (Å²) in [5.41, 5.74) is 1.99. The maximum absolute atomic E-state index is 14.1. The van der Waals surface area contributed by atoms with Crippen molar-refractivity contribution >= 4 is 22.1 Å². The van der Waals surface area contributed by atoms with E-state index in [-0.39, 0.29) is 16.0 Å². The van der Waals surface area contributed by atoms with Crippen molar-refractivity contribution in [3.63, 3.8) is 0 Å². The number of esters is 2. The molecule has 1 heterocycles. The van der Waals surface area contributed by atoms with Gasteiger partial charge in [0.25, 0.3) is 10.1 Å². The monoisotopic (exact) mass is 784 g/mol. The van der Waals surface area contributed by atoms with Crippen LogP contribution >= 0.6 is 0 Å². The molecule has 1 fully saturated rings. The zero-order chi connectivity index (χ0) is 39.8. The molecule has 7 rings (SSSR count). The smallest absolute Gasteiger partial charge is 0.338 e. The summed E-state index contributed by atoms with van der Waals surface area (Å²) in [5.74, 6) is -1.77. The Morgan fingerprint density at radius 2 is 0.982 bits per heavy atom. The van der Waals surface area contributed by atoms with Gasteiger partial charge in [0.2, 0.25) is 0 Å². The summed E-state index contributed by atoms with van der Waals surface area (Å²) in [6.45, 7) is 1.40. The highest BCUT2D eigenvalue weighted by Gasteiger charge is 2.53. The van der Waals surface area contributed by atoms with E-state index < -0.39 is 65.0 Å². The first-order valence-electron chi connectivity index (χ1n) is 18.3. The van der Waals surface area contributed by atoms with Gasteiger partial charge in [-0.25, -0.2) is 9.59 Å². The van der Waals surface area contributed by atoms with Gasteiger partial charge in [0.1, 0.15) is 17.8 Å². The summed E-state index contributed by atoms with van der Waals surface area (Å²) in [6, 6.07) is 50.4. The van der Waals surface area contributed by atoms with E-state index in [0.717, 1.165) is 22.3 Å². The first-order chi connectivity index (χ1) is 27.7. The van der Waals surface area contributed by atoms with Crippen molar-refractivity contribution in [1.29, 1.82) is 0 Å². The lowest BCUT2D eigenvalue weighted by molar-refractivity contribution is -0.285. The summed E-state index contributed by atoms with van der Waals surface area (Å²) in [6.07, 6.45) is -8.57. The third-order valence-corrected chi connectivity index (χ3v) is 11.0. The van der Waals surface area contributed by atoms with Gasteiger partial charge in [-0.1, -0.05) is 145 Å². The predicted molar refractivity (Wildman–Crippen MR) is 211 cm³/mol. The van der Waals surface area contributed by atoms with E-state index in [9.17, 15) is 23.1 Å². The Morgan fingerprint density at radius 1 is 0.579 bits per heavy atom. The number of hydrogen-bond acceptors (Lipinski definition) is 10. The highest BCUT2D eigenvalue weighted by Crippen LogP contribution is 2.42. The van der Waals surface area contributed by atoms with E-state index in [1.807, 2.05) is 97.9 Å². The lowest BCUT2D eigenvalue weighted by Crippen LogP contribution is -2.62. The average molecular weight is 785 g/mol. The van der Waals surface area contributed by atoms with Crippen LogP contribution in [0.15, 0.2) is 181 Å². The topological polar surface area (TPSA) is 135 Å². The number of carbonyl (C=O) groups is 2. The SMILES string of the molecule is Cc1ccc(S(=O)(=O)O[C@@H]2[C@@H](OC(=O)c3ccccc3)[C@@H](OC(=O)c3ccccc3)[C@@H](O)O[C@H]2COC(c2ccccc2)(c2ccccc2)c2ccccc2)cc1. The van der Waals surface area contributed by atoms with Crippen LogP contribution < -0.4 is 0 Å². The summed E-state index contributed by atoms with van der Waals surface area (Å²) in [5, 5.41) is 11.7. The second-order valence-electron chi connectivity index (χ2n) is 13.5. The average Bonchev–Trinajstić information content (AvgIpc) is 3.25. The molecule has 5 atom stereocenters. The Labute approximate surface area is 331 Å². The molecule has 1 aliphatic rings. The van der Waals surface area contributed by atoms with Crippen LogP contribution in [0.5, 0.6) is 0 Å². The minimum Gasteiger partial charge on any atom is -0.452 e. The number of rotatable bonds is 13. The fourth-order valence-electron chi connectivity index (χ4n) is 6.82. The zero-order valence-corrected chi connectivity index (χ0v) is 31.7. The van der Waals surface area contributed by atoms with Gasteiger partial charge in [-0.2, -0.15) is 8.42 Å². The molecule has 0 spiro atoms. The molecule has 57 heavy (non-hydrogen) atoms. The van der Waals surface area contributed by atoms with Crippen molar-refractivity contribution < 1.29 is 46.2 Å².